The Balaban J connectivity index is 1.13. The van der Waals surface area contributed by atoms with E-state index in [9.17, 15) is 0 Å². The van der Waals surface area contributed by atoms with Gasteiger partial charge in [0.2, 0.25) is 0 Å². The molecule has 0 bridgehead atoms. The normalized spacial score (nSPS) is 12.4. The van der Waals surface area contributed by atoms with E-state index in [1.165, 1.54) is 69.6 Å². The van der Waals surface area contributed by atoms with E-state index in [1.54, 1.807) is 0 Å². The molecule has 3 heterocycles. The Morgan fingerprint density at radius 2 is 1.04 bits per heavy atom. The zero-order valence-corrected chi connectivity index (χ0v) is 31.4. The summed E-state index contributed by atoms with van der Waals surface area (Å²) in [5.74, 6) is 0.718. The van der Waals surface area contributed by atoms with Gasteiger partial charge in [-0.25, -0.2) is 9.97 Å². The molecule has 56 heavy (non-hydrogen) atoms. The molecule has 0 unspecified atom stereocenters. The summed E-state index contributed by atoms with van der Waals surface area (Å²) in [7, 11) is 0. The van der Waals surface area contributed by atoms with E-state index in [4.69, 9.17) is 9.97 Å². The van der Waals surface area contributed by atoms with Gasteiger partial charge in [-0.3, -0.25) is 0 Å². The van der Waals surface area contributed by atoms with Crippen molar-refractivity contribution >= 4 is 54.6 Å². The average molecular weight is 734 g/mol. The quantitative estimate of drug-likeness (QED) is 0.170. The van der Waals surface area contributed by atoms with E-state index in [-0.39, 0.29) is 0 Å². The van der Waals surface area contributed by atoms with Gasteiger partial charge in [-0.05, 0) is 53.3 Å². The van der Waals surface area contributed by atoms with Crippen LogP contribution < -0.4 is 10.6 Å². The van der Waals surface area contributed by atoms with Crippen molar-refractivity contribution in [2.75, 3.05) is 0 Å². The first-order chi connectivity index (χ1) is 27.8. The molecule has 3 aromatic heterocycles. The van der Waals surface area contributed by atoms with Crippen LogP contribution in [0.1, 0.15) is 12.8 Å². The third-order valence-electron chi connectivity index (χ3n) is 11.1. The minimum atomic E-state index is 0.718. The van der Waals surface area contributed by atoms with Crippen molar-refractivity contribution in [3.8, 4) is 61.8 Å². The fourth-order valence-corrected chi connectivity index (χ4v) is 9.80. The maximum Gasteiger partial charge on any atom is 0.160 e. The lowest BCUT2D eigenvalue weighted by molar-refractivity contribution is 1.03. The van der Waals surface area contributed by atoms with Crippen LogP contribution in [-0.2, 0) is 0 Å². The highest BCUT2D eigenvalue weighted by Gasteiger charge is 2.21. The third kappa shape index (κ3) is 5.41. The van der Waals surface area contributed by atoms with Crippen LogP contribution in [0.4, 0.5) is 0 Å². The maximum absolute atomic E-state index is 5.32. The molecule has 0 radical (unpaired) electrons. The van der Waals surface area contributed by atoms with E-state index in [1.807, 2.05) is 17.4 Å². The Hall–Kier alpha value is -6.88. The lowest BCUT2D eigenvalue weighted by atomic mass is 10.00. The Morgan fingerprint density at radius 1 is 0.446 bits per heavy atom. The van der Waals surface area contributed by atoms with Crippen molar-refractivity contribution in [3.63, 3.8) is 0 Å². The Kier molecular flexibility index (Phi) is 7.82. The van der Waals surface area contributed by atoms with Crippen molar-refractivity contribution in [2.24, 2.45) is 0 Å². The number of fused-ring (bicyclic) bond motifs is 6. The van der Waals surface area contributed by atoms with Crippen molar-refractivity contribution in [2.45, 2.75) is 12.8 Å². The van der Waals surface area contributed by atoms with Crippen LogP contribution >= 0.6 is 11.3 Å². The van der Waals surface area contributed by atoms with Crippen LogP contribution in [0.2, 0.25) is 0 Å². The first-order valence-electron chi connectivity index (χ1n) is 19.2. The molecule has 0 saturated carbocycles. The predicted octanol–water partition coefficient (Wildman–Crippen LogP) is 12.5. The Morgan fingerprint density at radius 3 is 1.80 bits per heavy atom. The molecule has 7 aromatic carbocycles. The van der Waals surface area contributed by atoms with Gasteiger partial charge in [-0.15, -0.1) is 11.3 Å². The number of aromatic nitrogens is 3. The highest BCUT2D eigenvalue weighted by Crippen LogP contribution is 2.43. The van der Waals surface area contributed by atoms with E-state index < -0.39 is 0 Å². The molecule has 1 aliphatic rings. The number of nitrogens with zero attached hydrogens (tertiary/aromatic N) is 3. The van der Waals surface area contributed by atoms with Crippen LogP contribution in [0, 0.1) is 0 Å². The number of benzene rings is 7. The summed E-state index contributed by atoms with van der Waals surface area (Å²) in [5.41, 5.74) is 12.3. The molecule has 0 aliphatic heterocycles. The molecular formula is C52H35N3S. The second kappa shape index (κ2) is 13.5. The molecule has 0 saturated heterocycles. The third-order valence-corrected chi connectivity index (χ3v) is 12.4. The van der Waals surface area contributed by atoms with Crippen LogP contribution in [0.15, 0.2) is 176 Å². The predicted molar refractivity (Wildman–Crippen MR) is 236 cm³/mol. The lowest BCUT2D eigenvalue weighted by Gasteiger charge is -2.12. The minimum absolute atomic E-state index is 0.718. The molecule has 0 spiro atoms. The molecule has 3 nitrogen and oxygen atoms in total. The summed E-state index contributed by atoms with van der Waals surface area (Å²) in [5, 5.41) is 6.34. The lowest BCUT2D eigenvalue weighted by Crippen LogP contribution is -2.30. The summed E-state index contributed by atoms with van der Waals surface area (Å²) in [6.45, 7) is 0. The van der Waals surface area contributed by atoms with E-state index in [0.717, 1.165) is 46.7 Å². The largest absolute Gasteiger partial charge is 0.308 e. The number of hydrogen-bond acceptors (Lipinski definition) is 3. The van der Waals surface area contributed by atoms with Gasteiger partial charge < -0.3 is 4.57 Å². The van der Waals surface area contributed by atoms with Gasteiger partial charge in [0, 0.05) is 48.1 Å². The molecule has 264 valence electrons. The Labute approximate surface area is 328 Å². The van der Waals surface area contributed by atoms with Crippen molar-refractivity contribution < 1.29 is 0 Å². The van der Waals surface area contributed by atoms with Crippen molar-refractivity contribution in [1.29, 1.82) is 0 Å². The van der Waals surface area contributed by atoms with Gasteiger partial charge in [-0.1, -0.05) is 170 Å². The zero-order valence-electron chi connectivity index (χ0n) is 30.6. The number of hydrogen-bond donors (Lipinski definition) is 0. The smallest absolute Gasteiger partial charge is 0.160 e. The fourth-order valence-electron chi connectivity index (χ4n) is 8.46. The highest BCUT2D eigenvalue weighted by molar-refractivity contribution is 7.26. The van der Waals surface area contributed by atoms with Crippen LogP contribution in [0.3, 0.4) is 0 Å². The second-order valence-electron chi connectivity index (χ2n) is 14.4. The standard InChI is InChI=1S/C52H35N3S/c1-4-15-34(16-5-1)35-29-31-37(32-30-35)44-33-45(54-52(53-44)38-19-8-3-9-20-38)42-25-14-27-47-49(42)43-21-10-11-26-46(43)55(47)48-28-13-24-41-40-23-12-22-39(50(40)56-51(41)48)36-17-6-2-7-18-36/h1-9,12-33H,10-11H2. The second-order valence-corrected chi connectivity index (χ2v) is 15.4. The first-order valence-corrected chi connectivity index (χ1v) is 20.0. The summed E-state index contributed by atoms with van der Waals surface area (Å²) < 4.78 is 5.12. The van der Waals surface area contributed by atoms with Crippen molar-refractivity contribution in [3.05, 3.63) is 186 Å². The molecule has 10 aromatic rings. The van der Waals surface area contributed by atoms with Gasteiger partial charge in [-0.2, -0.15) is 0 Å². The van der Waals surface area contributed by atoms with Gasteiger partial charge >= 0.3 is 0 Å². The molecule has 0 fully saturated rings. The van der Waals surface area contributed by atoms with Gasteiger partial charge in [0.1, 0.15) is 0 Å². The Bertz CT molecular complexity index is 3220. The highest BCUT2D eigenvalue weighted by atomic mass is 32.1. The number of rotatable bonds is 6. The van der Waals surface area contributed by atoms with E-state index in [0.29, 0.717) is 0 Å². The molecular weight excluding hydrogens is 699 g/mol. The van der Waals surface area contributed by atoms with Gasteiger partial charge in [0.15, 0.2) is 5.82 Å². The molecule has 0 N–H and O–H groups in total. The molecule has 4 heteroatoms. The summed E-state index contributed by atoms with van der Waals surface area (Å²) >= 11 is 1.90. The average Bonchev–Trinajstić information content (AvgIpc) is 3.84. The molecule has 0 amide bonds. The minimum Gasteiger partial charge on any atom is -0.308 e. The zero-order chi connectivity index (χ0) is 37.0. The summed E-state index contributed by atoms with van der Waals surface area (Å²) in [6.07, 6.45) is 6.87. The van der Waals surface area contributed by atoms with E-state index >= 15 is 0 Å². The molecule has 11 rings (SSSR count). The summed E-state index contributed by atoms with van der Waals surface area (Å²) in [6, 6.07) is 62.8. The van der Waals surface area contributed by atoms with Gasteiger partial charge in [0.05, 0.1) is 27.3 Å². The van der Waals surface area contributed by atoms with Crippen molar-refractivity contribution in [1.82, 2.24) is 14.5 Å². The molecule has 0 atom stereocenters. The molecule has 1 aliphatic carbocycles. The summed E-state index contributed by atoms with van der Waals surface area (Å²) in [4.78, 5) is 10.5. The first kappa shape index (κ1) is 32.5. The monoisotopic (exact) mass is 733 g/mol. The van der Waals surface area contributed by atoms with E-state index in [2.05, 4.69) is 187 Å². The SMILES string of the molecule is C1=c2c(n(-c3cccc4c3sc3c(-c5ccccc5)cccc34)c3cccc(-c4cc(-c5ccc(-c6ccccc6)cc5)nc(-c5ccccc5)n4)c23)=CCC1. The maximum atomic E-state index is 5.32. The number of thiophene rings is 1. The topological polar surface area (TPSA) is 30.7 Å². The van der Waals surface area contributed by atoms with Crippen LogP contribution in [0.25, 0.3) is 105 Å². The van der Waals surface area contributed by atoms with Crippen LogP contribution in [0.5, 0.6) is 0 Å². The fraction of sp³-hybridized carbons (Fsp3) is 0.0385. The van der Waals surface area contributed by atoms with Gasteiger partial charge in [0.25, 0.3) is 0 Å². The van der Waals surface area contributed by atoms with Crippen LogP contribution in [-0.4, -0.2) is 14.5 Å².